The molecule has 3 heterocycles. The van der Waals surface area contributed by atoms with Crippen LogP contribution in [0.4, 0.5) is 26.2 Å². The lowest BCUT2D eigenvalue weighted by molar-refractivity contribution is -0.0815. The van der Waals surface area contributed by atoms with Gasteiger partial charge in [-0.2, -0.15) is 5.10 Å². The van der Waals surface area contributed by atoms with Gasteiger partial charge in [0.15, 0.2) is 17.8 Å². The van der Waals surface area contributed by atoms with Gasteiger partial charge in [0.2, 0.25) is 0 Å². The number of hydrogen-bond acceptors (Lipinski definition) is 6. The number of anilines is 2. The first-order valence-corrected chi connectivity index (χ1v) is 10.2. The van der Waals surface area contributed by atoms with E-state index in [4.69, 9.17) is 11.3 Å². The number of hydrogen-bond donors (Lipinski definition) is 2. The van der Waals surface area contributed by atoms with E-state index in [0.717, 1.165) is 0 Å². The number of aromatic amines is 1. The number of ether oxygens (including phenoxy) is 1. The molecular weight excluding hydrogens is 416 g/mol. The van der Waals surface area contributed by atoms with E-state index in [2.05, 4.69) is 30.3 Å². The number of rotatable bonds is 6. The molecule has 0 amide bonds. The Labute approximate surface area is 184 Å². The average Bonchev–Trinajstić information content (AvgIpc) is 3.26. The van der Waals surface area contributed by atoms with E-state index in [-0.39, 0.29) is 12.4 Å². The summed E-state index contributed by atoms with van der Waals surface area (Å²) in [6.07, 6.45) is 3.21. The van der Waals surface area contributed by atoms with Gasteiger partial charge in [0, 0.05) is 11.6 Å². The van der Waals surface area contributed by atoms with Gasteiger partial charge in [-0.15, -0.1) is 4.98 Å². The maximum Gasteiger partial charge on any atom is 0.288 e. The molecule has 10 heteroatoms. The third kappa shape index (κ3) is 4.38. The number of halogens is 2. The third-order valence-electron chi connectivity index (χ3n) is 5.63. The molecule has 0 radical (unpaired) electrons. The van der Waals surface area contributed by atoms with Crippen LogP contribution >= 0.6 is 0 Å². The maximum atomic E-state index is 14.8. The summed E-state index contributed by atoms with van der Waals surface area (Å²) in [5, 5.41) is 10.1. The molecule has 1 aliphatic rings. The molecule has 32 heavy (non-hydrogen) atoms. The standard InChI is InChI=1S/C22H23F2N7O/c1-4-31-8-7-16(22(23,24)13-31)14-5-6-15(18(9-14)32-3)17-10-19(30-29-17)28-21-12-26-20(25-2)11-27-21/h5-6,9-12,16H,4,7-8,13H2,1,3H3,(H2,27,28,29,30). The maximum absolute atomic E-state index is 14.8. The molecule has 166 valence electrons. The van der Waals surface area contributed by atoms with E-state index in [0.29, 0.717) is 53.7 Å². The number of aromatic nitrogens is 4. The van der Waals surface area contributed by atoms with Gasteiger partial charge < -0.3 is 14.9 Å². The van der Waals surface area contributed by atoms with Gasteiger partial charge in [-0.3, -0.25) is 10.00 Å². The lowest BCUT2D eigenvalue weighted by Gasteiger charge is -2.38. The molecule has 2 N–H and O–H groups in total. The second kappa shape index (κ2) is 8.88. The molecule has 3 aromatic rings. The molecule has 1 aliphatic heterocycles. The predicted molar refractivity (Wildman–Crippen MR) is 117 cm³/mol. The molecule has 1 unspecified atom stereocenters. The topological polar surface area (TPSA) is 83.3 Å². The normalized spacial score (nSPS) is 18.2. The van der Waals surface area contributed by atoms with E-state index in [9.17, 15) is 8.78 Å². The molecule has 0 saturated carbocycles. The average molecular weight is 439 g/mol. The van der Waals surface area contributed by atoms with Gasteiger partial charge in [0.25, 0.3) is 11.7 Å². The number of alkyl halides is 2. The Morgan fingerprint density at radius 2 is 2.12 bits per heavy atom. The van der Waals surface area contributed by atoms with Gasteiger partial charge in [0.1, 0.15) is 5.75 Å². The van der Waals surface area contributed by atoms with Crippen molar-refractivity contribution in [3.05, 3.63) is 53.6 Å². The second-order valence-electron chi connectivity index (χ2n) is 7.59. The van der Waals surface area contributed by atoms with Crippen LogP contribution in [-0.2, 0) is 0 Å². The molecule has 1 saturated heterocycles. The zero-order chi connectivity index (χ0) is 22.7. The van der Waals surface area contributed by atoms with Crippen LogP contribution in [0.1, 0.15) is 24.8 Å². The monoisotopic (exact) mass is 439 g/mol. The van der Waals surface area contributed by atoms with Gasteiger partial charge in [-0.05, 0) is 37.2 Å². The highest BCUT2D eigenvalue weighted by molar-refractivity contribution is 5.71. The molecular formula is C22H23F2N7O. The van der Waals surface area contributed by atoms with Crippen molar-refractivity contribution in [2.24, 2.45) is 0 Å². The fourth-order valence-corrected chi connectivity index (χ4v) is 3.94. The Hall–Kier alpha value is -3.58. The van der Waals surface area contributed by atoms with Crippen LogP contribution in [0, 0.1) is 6.57 Å². The van der Waals surface area contributed by atoms with Gasteiger partial charge in [0.05, 0.1) is 31.5 Å². The van der Waals surface area contributed by atoms with Gasteiger partial charge in [-0.1, -0.05) is 19.6 Å². The zero-order valence-electron chi connectivity index (χ0n) is 17.8. The molecule has 1 atom stereocenters. The minimum absolute atomic E-state index is 0.203. The number of benzene rings is 1. The van der Waals surface area contributed by atoms with E-state index in [1.165, 1.54) is 19.5 Å². The number of nitrogens with one attached hydrogen (secondary N) is 2. The van der Waals surface area contributed by atoms with Crippen LogP contribution in [0.2, 0.25) is 0 Å². The van der Waals surface area contributed by atoms with Gasteiger partial charge in [-0.25, -0.2) is 13.8 Å². The van der Waals surface area contributed by atoms with Crippen molar-refractivity contribution in [3.8, 4) is 17.0 Å². The Bertz CT molecular complexity index is 1120. The summed E-state index contributed by atoms with van der Waals surface area (Å²) in [6.45, 7) is 9.86. The smallest absolute Gasteiger partial charge is 0.288 e. The van der Waals surface area contributed by atoms with Gasteiger partial charge >= 0.3 is 0 Å². The minimum Gasteiger partial charge on any atom is -0.496 e. The minimum atomic E-state index is -2.80. The highest BCUT2D eigenvalue weighted by atomic mass is 19.3. The van der Waals surface area contributed by atoms with Crippen molar-refractivity contribution in [2.45, 2.75) is 25.2 Å². The van der Waals surface area contributed by atoms with Crippen molar-refractivity contribution in [3.63, 3.8) is 0 Å². The number of nitrogens with zero attached hydrogens (tertiary/aromatic N) is 5. The van der Waals surface area contributed by atoms with Crippen molar-refractivity contribution in [1.82, 2.24) is 25.1 Å². The summed E-state index contributed by atoms with van der Waals surface area (Å²) in [5.41, 5.74) is 1.94. The highest BCUT2D eigenvalue weighted by Gasteiger charge is 2.45. The van der Waals surface area contributed by atoms with Crippen LogP contribution in [0.5, 0.6) is 5.75 Å². The van der Waals surface area contributed by atoms with Crippen molar-refractivity contribution in [1.29, 1.82) is 0 Å². The Kier molecular flexibility index (Phi) is 6.01. The molecule has 4 rings (SSSR count). The van der Waals surface area contributed by atoms with Crippen LogP contribution in [0.25, 0.3) is 16.1 Å². The lowest BCUT2D eigenvalue weighted by Crippen LogP contribution is -2.47. The summed E-state index contributed by atoms with van der Waals surface area (Å²) in [7, 11) is 1.52. The predicted octanol–water partition coefficient (Wildman–Crippen LogP) is 4.61. The van der Waals surface area contributed by atoms with Crippen LogP contribution in [0.3, 0.4) is 0 Å². The zero-order valence-corrected chi connectivity index (χ0v) is 17.8. The Balaban J connectivity index is 1.55. The first kappa shape index (κ1) is 21.6. The summed E-state index contributed by atoms with van der Waals surface area (Å²) < 4.78 is 35.1. The van der Waals surface area contributed by atoms with Crippen molar-refractivity contribution < 1.29 is 13.5 Å². The first-order valence-electron chi connectivity index (χ1n) is 10.2. The van der Waals surface area contributed by atoms with Crippen molar-refractivity contribution >= 4 is 17.5 Å². The Morgan fingerprint density at radius 1 is 1.28 bits per heavy atom. The first-order chi connectivity index (χ1) is 15.4. The van der Waals surface area contributed by atoms with Crippen LogP contribution in [-0.4, -0.2) is 57.7 Å². The molecule has 0 spiro atoms. The molecule has 0 bridgehead atoms. The van der Waals surface area contributed by atoms with E-state index in [1.54, 1.807) is 29.2 Å². The summed E-state index contributed by atoms with van der Waals surface area (Å²) >= 11 is 0. The number of methoxy groups -OCH3 is 1. The lowest BCUT2D eigenvalue weighted by atomic mass is 9.85. The fraction of sp³-hybridized carbons (Fsp3) is 0.364. The van der Waals surface area contributed by atoms with E-state index in [1.807, 2.05) is 6.92 Å². The largest absolute Gasteiger partial charge is 0.496 e. The highest BCUT2D eigenvalue weighted by Crippen LogP contribution is 2.42. The second-order valence-corrected chi connectivity index (χ2v) is 7.59. The van der Waals surface area contributed by atoms with E-state index < -0.39 is 11.8 Å². The van der Waals surface area contributed by atoms with Crippen LogP contribution < -0.4 is 10.1 Å². The molecule has 2 aromatic heterocycles. The number of H-pyrrole nitrogens is 1. The Morgan fingerprint density at radius 3 is 2.78 bits per heavy atom. The number of likely N-dealkylation sites (tertiary alicyclic amines) is 1. The van der Waals surface area contributed by atoms with Crippen LogP contribution in [0.15, 0.2) is 36.7 Å². The summed E-state index contributed by atoms with van der Waals surface area (Å²) in [4.78, 5) is 13.1. The molecule has 1 aromatic carbocycles. The molecule has 8 nitrogen and oxygen atoms in total. The molecule has 1 fully saturated rings. The third-order valence-corrected chi connectivity index (χ3v) is 5.63. The molecule has 0 aliphatic carbocycles. The number of piperidine rings is 1. The van der Waals surface area contributed by atoms with E-state index >= 15 is 0 Å². The fourth-order valence-electron chi connectivity index (χ4n) is 3.94. The van der Waals surface area contributed by atoms with Crippen molar-refractivity contribution in [2.75, 3.05) is 32.1 Å². The summed E-state index contributed by atoms with van der Waals surface area (Å²) in [5.74, 6) is -2.01. The summed E-state index contributed by atoms with van der Waals surface area (Å²) in [6, 6.07) is 6.97. The quantitative estimate of drug-likeness (QED) is 0.546. The SMILES string of the molecule is [C-]#[N+]c1cnc(Nc2cc(-c3ccc(C4CCN(CC)CC4(F)F)cc3OC)[nH]n2)cn1.